The number of nitrogens with zero attached hydrogens (tertiary/aromatic N) is 7. The van der Waals surface area contributed by atoms with Crippen LogP contribution in [0.25, 0.3) is 22.3 Å². The van der Waals surface area contributed by atoms with Crippen molar-refractivity contribution in [3.8, 4) is 17.0 Å². The highest BCUT2D eigenvalue weighted by atomic mass is 16.7. The van der Waals surface area contributed by atoms with Crippen molar-refractivity contribution in [3.05, 3.63) is 48.3 Å². The maximum atomic E-state index is 10.3. The van der Waals surface area contributed by atoms with Crippen molar-refractivity contribution in [2.24, 2.45) is 5.92 Å². The Bertz CT molecular complexity index is 1440. The van der Waals surface area contributed by atoms with Crippen LogP contribution in [0.15, 0.2) is 42.7 Å². The summed E-state index contributed by atoms with van der Waals surface area (Å²) in [7, 11) is 3.43. The van der Waals surface area contributed by atoms with Gasteiger partial charge >= 0.3 is 0 Å². The molecule has 3 aromatic heterocycles. The van der Waals surface area contributed by atoms with Gasteiger partial charge in [0.2, 0.25) is 5.95 Å². The molecule has 0 unspecified atom stereocenters. The number of piperidine rings is 1. The SMILES string of the molecule is COC(OC)C1CCC(c2cnc(N3CCC(n4nc(N)c5nnc(-c6ccccc6O)cc54)CC3)nc2)CC1. The van der Waals surface area contributed by atoms with Crippen LogP contribution in [-0.2, 0) is 9.47 Å². The van der Waals surface area contributed by atoms with Crippen molar-refractivity contribution in [2.45, 2.75) is 56.8 Å². The van der Waals surface area contributed by atoms with E-state index in [4.69, 9.17) is 25.2 Å². The standard InChI is InChI=1S/C29H36N8O3/c1-39-28(40-2)19-9-7-18(8-10-19)20-16-31-29(32-17-20)36-13-11-21(12-14-36)37-24-15-23(22-5-3-4-6-25(22)38)33-34-26(24)27(30)35-37/h3-6,15-19,21,28,38H,7-14H2,1-2H3,(H2,30,35). The summed E-state index contributed by atoms with van der Waals surface area (Å²) >= 11 is 0. The Morgan fingerprint density at radius 1 is 0.950 bits per heavy atom. The molecule has 6 rings (SSSR count). The maximum Gasteiger partial charge on any atom is 0.225 e. The van der Waals surface area contributed by atoms with Crippen LogP contribution in [0.4, 0.5) is 11.8 Å². The normalized spacial score (nSPS) is 20.4. The zero-order valence-corrected chi connectivity index (χ0v) is 23.0. The van der Waals surface area contributed by atoms with Crippen LogP contribution < -0.4 is 10.6 Å². The predicted molar refractivity (Wildman–Crippen MR) is 152 cm³/mol. The van der Waals surface area contributed by atoms with E-state index in [1.807, 2.05) is 35.3 Å². The number of phenolic OH excluding ortho intramolecular Hbond substituents is 1. The van der Waals surface area contributed by atoms with Crippen molar-refractivity contribution in [1.29, 1.82) is 0 Å². The molecule has 1 aliphatic carbocycles. The number of ether oxygens (including phenoxy) is 2. The van der Waals surface area contributed by atoms with Crippen LogP contribution in [0.3, 0.4) is 0 Å². The highest BCUT2D eigenvalue weighted by molar-refractivity contribution is 5.87. The third kappa shape index (κ3) is 5.06. The molecule has 4 aromatic rings. The Hall–Kier alpha value is -3.83. The number of para-hydroxylation sites is 1. The minimum absolute atomic E-state index is 0.120. The minimum atomic E-state index is -0.120. The number of phenols is 1. The lowest BCUT2D eigenvalue weighted by Crippen LogP contribution is -2.36. The van der Waals surface area contributed by atoms with E-state index < -0.39 is 0 Å². The van der Waals surface area contributed by atoms with E-state index in [1.165, 1.54) is 5.56 Å². The molecule has 0 amide bonds. The first-order chi connectivity index (χ1) is 19.6. The molecule has 1 aromatic carbocycles. The van der Waals surface area contributed by atoms with Crippen LogP contribution in [0.1, 0.15) is 56.0 Å². The van der Waals surface area contributed by atoms with Gasteiger partial charge in [-0.15, -0.1) is 10.2 Å². The third-order valence-electron chi connectivity index (χ3n) is 8.50. The molecule has 2 aliphatic rings. The second-order valence-corrected chi connectivity index (χ2v) is 10.8. The number of anilines is 2. The Morgan fingerprint density at radius 2 is 1.65 bits per heavy atom. The first kappa shape index (κ1) is 26.4. The first-order valence-electron chi connectivity index (χ1n) is 14.0. The Morgan fingerprint density at radius 3 is 2.33 bits per heavy atom. The lowest BCUT2D eigenvalue weighted by molar-refractivity contribution is -0.144. The van der Waals surface area contributed by atoms with Crippen LogP contribution in [0.5, 0.6) is 5.75 Å². The third-order valence-corrected chi connectivity index (χ3v) is 8.50. The average molecular weight is 545 g/mol. The van der Waals surface area contributed by atoms with Crippen LogP contribution in [0, 0.1) is 5.92 Å². The molecule has 1 saturated heterocycles. The van der Waals surface area contributed by atoms with Crippen LogP contribution in [0.2, 0.25) is 0 Å². The largest absolute Gasteiger partial charge is 0.507 e. The van der Waals surface area contributed by atoms with Crippen LogP contribution >= 0.6 is 0 Å². The number of benzene rings is 1. The predicted octanol–water partition coefficient (Wildman–Crippen LogP) is 4.31. The molecule has 0 bridgehead atoms. The topological polar surface area (TPSA) is 137 Å². The van der Waals surface area contributed by atoms with Crippen molar-refractivity contribution in [3.63, 3.8) is 0 Å². The van der Waals surface area contributed by atoms with Gasteiger partial charge in [0, 0.05) is 51.2 Å². The molecule has 4 heterocycles. The molecule has 0 spiro atoms. The summed E-state index contributed by atoms with van der Waals surface area (Å²) in [5.74, 6) is 2.22. The molecule has 11 heteroatoms. The van der Waals surface area contributed by atoms with Gasteiger partial charge in [0.15, 0.2) is 17.6 Å². The fourth-order valence-electron chi connectivity index (χ4n) is 6.28. The zero-order valence-electron chi connectivity index (χ0n) is 23.0. The Labute approximate surface area is 233 Å². The quantitative estimate of drug-likeness (QED) is 0.324. The van der Waals surface area contributed by atoms with Gasteiger partial charge < -0.3 is 25.2 Å². The highest BCUT2D eigenvalue weighted by Gasteiger charge is 2.29. The second-order valence-electron chi connectivity index (χ2n) is 10.8. The molecule has 1 aliphatic heterocycles. The fraction of sp³-hybridized carbons (Fsp3) is 0.483. The molecule has 0 atom stereocenters. The Kier molecular flexibility index (Phi) is 7.48. The number of hydrogen-bond donors (Lipinski definition) is 2. The maximum absolute atomic E-state index is 10.3. The number of hydrogen-bond acceptors (Lipinski definition) is 10. The lowest BCUT2D eigenvalue weighted by Gasteiger charge is -2.33. The van der Waals surface area contributed by atoms with Crippen molar-refractivity contribution < 1.29 is 14.6 Å². The molecule has 3 N–H and O–H groups in total. The second kappa shape index (κ2) is 11.3. The average Bonchev–Trinajstić information content (AvgIpc) is 3.34. The molecule has 210 valence electrons. The van der Waals surface area contributed by atoms with E-state index in [0.29, 0.717) is 34.4 Å². The summed E-state index contributed by atoms with van der Waals surface area (Å²) in [6.07, 6.45) is 9.99. The number of methoxy groups -OCH3 is 2. The molecular weight excluding hydrogens is 508 g/mol. The molecule has 11 nitrogen and oxygen atoms in total. The fourth-order valence-corrected chi connectivity index (χ4v) is 6.28. The van der Waals surface area contributed by atoms with Crippen molar-refractivity contribution in [2.75, 3.05) is 37.9 Å². The van der Waals surface area contributed by atoms with E-state index >= 15 is 0 Å². The lowest BCUT2D eigenvalue weighted by atomic mass is 9.79. The molecule has 0 radical (unpaired) electrons. The minimum Gasteiger partial charge on any atom is -0.507 e. The number of nitrogens with two attached hydrogens (primary N) is 1. The van der Waals surface area contributed by atoms with E-state index in [2.05, 4.69) is 20.2 Å². The Balaban J connectivity index is 1.11. The van der Waals surface area contributed by atoms with Gasteiger partial charge in [-0.1, -0.05) is 12.1 Å². The number of rotatable bonds is 7. The van der Waals surface area contributed by atoms with Gasteiger partial charge in [0.1, 0.15) is 5.75 Å². The van der Waals surface area contributed by atoms with E-state index in [0.717, 1.165) is 63.1 Å². The van der Waals surface area contributed by atoms with Gasteiger partial charge in [-0.3, -0.25) is 4.68 Å². The summed E-state index contributed by atoms with van der Waals surface area (Å²) in [4.78, 5) is 11.7. The van der Waals surface area contributed by atoms with Gasteiger partial charge in [-0.2, -0.15) is 5.10 Å². The van der Waals surface area contributed by atoms with Crippen molar-refractivity contribution >= 4 is 22.8 Å². The summed E-state index contributed by atoms with van der Waals surface area (Å²) in [6.45, 7) is 1.63. The smallest absolute Gasteiger partial charge is 0.225 e. The highest BCUT2D eigenvalue weighted by Crippen LogP contribution is 2.38. The summed E-state index contributed by atoms with van der Waals surface area (Å²) in [5.41, 5.74) is 10.0. The van der Waals surface area contributed by atoms with Gasteiger partial charge in [-0.25, -0.2) is 9.97 Å². The number of nitrogen functional groups attached to an aromatic ring is 1. The molecule has 2 fully saturated rings. The zero-order chi connectivity index (χ0) is 27.6. The number of aromatic hydroxyl groups is 1. The summed E-state index contributed by atoms with van der Waals surface area (Å²) in [6, 6.07) is 9.18. The first-order valence-corrected chi connectivity index (χ1v) is 14.0. The van der Waals surface area contributed by atoms with Gasteiger partial charge in [-0.05, 0) is 68.2 Å². The van der Waals surface area contributed by atoms with Crippen LogP contribution in [-0.4, -0.2) is 68.7 Å². The molecule has 40 heavy (non-hydrogen) atoms. The summed E-state index contributed by atoms with van der Waals surface area (Å²) < 4.78 is 12.9. The number of fused-ring (bicyclic) bond motifs is 1. The van der Waals surface area contributed by atoms with Gasteiger partial charge in [0.25, 0.3) is 0 Å². The van der Waals surface area contributed by atoms with E-state index in [1.54, 1.807) is 26.4 Å². The van der Waals surface area contributed by atoms with E-state index in [9.17, 15) is 5.11 Å². The number of aromatic nitrogens is 6. The van der Waals surface area contributed by atoms with Gasteiger partial charge in [0.05, 0.1) is 17.3 Å². The summed E-state index contributed by atoms with van der Waals surface area (Å²) in [5, 5.41) is 23.5. The van der Waals surface area contributed by atoms with E-state index in [-0.39, 0.29) is 18.1 Å². The molecule has 1 saturated carbocycles. The van der Waals surface area contributed by atoms with Crippen molar-refractivity contribution in [1.82, 2.24) is 29.9 Å². The monoisotopic (exact) mass is 544 g/mol. The molecular formula is C29H36N8O3.